The van der Waals surface area contributed by atoms with Gasteiger partial charge in [0.05, 0.1) is 11.6 Å². The highest BCUT2D eigenvalue weighted by Gasteiger charge is 2.28. The Kier molecular flexibility index (Phi) is 6.01. The van der Waals surface area contributed by atoms with Crippen molar-refractivity contribution in [2.24, 2.45) is 0 Å². The average molecular weight is 447 g/mol. The van der Waals surface area contributed by atoms with Crippen LogP contribution in [0, 0.1) is 11.3 Å². The molecule has 1 aliphatic heterocycles. The van der Waals surface area contributed by atoms with E-state index in [9.17, 15) is 9.90 Å². The third-order valence-electron chi connectivity index (χ3n) is 5.38. The van der Waals surface area contributed by atoms with E-state index in [0.29, 0.717) is 35.7 Å². The van der Waals surface area contributed by atoms with Crippen molar-refractivity contribution >= 4 is 22.7 Å². The summed E-state index contributed by atoms with van der Waals surface area (Å²) in [5.74, 6) is 0.522. The Bertz CT molecular complexity index is 1230. The molecular formula is C24H26N6O3. The van der Waals surface area contributed by atoms with E-state index in [2.05, 4.69) is 20.5 Å². The standard InChI is InChI=1S/C24H26N6O3/c1-24(2,3)33-23(32)30-10-4-5-16(14-30)27-22-19-13-26-9-8-17(19)21(28-29-22)18-7-6-15(12-25)11-20(18)31/h6-9,11,13,16,31H,4-5,10,14H2,1-3H3,(H,27,29)/t16-/m1/s1. The number of hydrogen-bond donors (Lipinski definition) is 2. The number of amides is 1. The number of phenols is 1. The number of carbonyl (C=O) groups is 1. The van der Waals surface area contributed by atoms with Gasteiger partial charge in [-0.15, -0.1) is 10.2 Å². The Hall–Kier alpha value is -3.93. The number of hydrogen-bond acceptors (Lipinski definition) is 8. The number of nitrogens with one attached hydrogen (secondary N) is 1. The van der Waals surface area contributed by atoms with E-state index in [1.54, 1.807) is 29.4 Å². The molecule has 1 atom stereocenters. The fourth-order valence-corrected chi connectivity index (χ4v) is 3.89. The number of aromatic nitrogens is 3. The molecule has 9 nitrogen and oxygen atoms in total. The molecule has 170 valence electrons. The van der Waals surface area contributed by atoms with E-state index in [1.165, 1.54) is 6.07 Å². The van der Waals surface area contributed by atoms with Crippen LogP contribution in [0.1, 0.15) is 39.2 Å². The lowest BCUT2D eigenvalue weighted by molar-refractivity contribution is 0.0206. The second kappa shape index (κ2) is 8.90. The number of likely N-dealkylation sites (tertiary alicyclic amines) is 1. The molecule has 2 aromatic heterocycles. The summed E-state index contributed by atoms with van der Waals surface area (Å²) >= 11 is 0. The minimum Gasteiger partial charge on any atom is -0.507 e. The summed E-state index contributed by atoms with van der Waals surface area (Å²) in [4.78, 5) is 18.4. The molecule has 4 rings (SSSR count). The number of carbonyl (C=O) groups excluding carboxylic acids is 1. The Morgan fingerprint density at radius 2 is 2.09 bits per heavy atom. The number of phenolic OH excluding ortho intramolecular Hbond substituents is 1. The van der Waals surface area contributed by atoms with Crippen molar-refractivity contribution in [1.82, 2.24) is 20.1 Å². The first-order valence-electron chi connectivity index (χ1n) is 10.8. The number of rotatable bonds is 3. The summed E-state index contributed by atoms with van der Waals surface area (Å²) in [5, 5.41) is 33.2. The second-order valence-electron chi connectivity index (χ2n) is 9.07. The second-order valence-corrected chi connectivity index (χ2v) is 9.07. The summed E-state index contributed by atoms with van der Waals surface area (Å²) in [6.07, 6.45) is 4.75. The molecule has 2 N–H and O–H groups in total. The van der Waals surface area contributed by atoms with Gasteiger partial charge in [-0.2, -0.15) is 5.26 Å². The molecule has 9 heteroatoms. The van der Waals surface area contributed by atoms with E-state index >= 15 is 0 Å². The number of ether oxygens (including phenoxy) is 1. The Morgan fingerprint density at radius 3 is 2.82 bits per heavy atom. The van der Waals surface area contributed by atoms with Crippen molar-refractivity contribution in [3.05, 3.63) is 42.2 Å². The van der Waals surface area contributed by atoms with E-state index in [4.69, 9.17) is 10.00 Å². The van der Waals surface area contributed by atoms with E-state index in [1.807, 2.05) is 32.9 Å². The van der Waals surface area contributed by atoms with Gasteiger partial charge in [0.25, 0.3) is 0 Å². The minimum absolute atomic E-state index is 0.0156. The van der Waals surface area contributed by atoms with Gasteiger partial charge >= 0.3 is 6.09 Å². The van der Waals surface area contributed by atoms with Crippen LogP contribution in [0.25, 0.3) is 22.0 Å². The molecule has 0 aliphatic carbocycles. The molecule has 0 saturated carbocycles. The van der Waals surface area contributed by atoms with Crippen LogP contribution >= 0.6 is 0 Å². The first kappa shape index (κ1) is 22.3. The number of fused-ring (bicyclic) bond motifs is 1. The number of benzene rings is 1. The van der Waals surface area contributed by atoms with Gasteiger partial charge in [0.1, 0.15) is 17.0 Å². The molecule has 33 heavy (non-hydrogen) atoms. The van der Waals surface area contributed by atoms with E-state index in [-0.39, 0.29) is 17.9 Å². The molecule has 3 aromatic rings. The zero-order valence-corrected chi connectivity index (χ0v) is 18.9. The zero-order valence-electron chi connectivity index (χ0n) is 18.9. The van der Waals surface area contributed by atoms with Gasteiger partial charge in [-0.1, -0.05) is 0 Å². The smallest absolute Gasteiger partial charge is 0.410 e. The van der Waals surface area contributed by atoms with Gasteiger partial charge in [-0.05, 0) is 57.9 Å². The highest BCUT2D eigenvalue weighted by molar-refractivity contribution is 6.00. The number of pyridine rings is 1. The predicted molar refractivity (Wildman–Crippen MR) is 124 cm³/mol. The van der Waals surface area contributed by atoms with Gasteiger partial charge in [0.15, 0.2) is 5.82 Å². The predicted octanol–water partition coefficient (Wildman–Crippen LogP) is 4.08. The third-order valence-corrected chi connectivity index (χ3v) is 5.38. The largest absolute Gasteiger partial charge is 0.507 e. The van der Waals surface area contributed by atoms with Crippen LogP contribution in [0.15, 0.2) is 36.7 Å². The van der Waals surface area contributed by atoms with Crippen LogP contribution in [0.5, 0.6) is 5.75 Å². The minimum atomic E-state index is -0.544. The zero-order chi connectivity index (χ0) is 23.6. The highest BCUT2D eigenvalue weighted by Crippen LogP contribution is 2.35. The molecule has 0 bridgehead atoms. The van der Waals surface area contributed by atoms with Crippen LogP contribution in [-0.2, 0) is 4.74 Å². The van der Waals surface area contributed by atoms with Crippen LogP contribution in [0.3, 0.4) is 0 Å². The number of nitrogens with zero attached hydrogens (tertiary/aromatic N) is 5. The van der Waals surface area contributed by atoms with Gasteiger partial charge in [-0.3, -0.25) is 4.98 Å². The van der Waals surface area contributed by atoms with Crippen molar-refractivity contribution in [2.45, 2.75) is 45.3 Å². The molecule has 1 aromatic carbocycles. The first-order valence-corrected chi connectivity index (χ1v) is 10.8. The summed E-state index contributed by atoms with van der Waals surface area (Å²) in [6, 6.07) is 8.50. The Morgan fingerprint density at radius 1 is 1.27 bits per heavy atom. The van der Waals surface area contributed by atoms with Crippen molar-refractivity contribution in [1.29, 1.82) is 5.26 Å². The molecule has 1 amide bonds. The fourth-order valence-electron chi connectivity index (χ4n) is 3.89. The van der Waals surface area contributed by atoms with Gasteiger partial charge < -0.3 is 20.1 Å². The quantitative estimate of drug-likeness (QED) is 0.617. The van der Waals surface area contributed by atoms with Crippen LogP contribution in [-0.4, -0.2) is 56.0 Å². The lowest BCUT2D eigenvalue weighted by Gasteiger charge is -2.34. The maximum Gasteiger partial charge on any atom is 0.410 e. The van der Waals surface area contributed by atoms with E-state index in [0.717, 1.165) is 23.6 Å². The Labute approximate surface area is 192 Å². The maximum atomic E-state index is 12.5. The van der Waals surface area contributed by atoms with Crippen molar-refractivity contribution in [2.75, 3.05) is 18.4 Å². The SMILES string of the molecule is CC(C)(C)OC(=O)N1CCC[C@@H](Nc2nnc(-c3ccc(C#N)cc3O)c3ccncc23)C1. The summed E-state index contributed by atoms with van der Waals surface area (Å²) < 4.78 is 5.52. The van der Waals surface area contributed by atoms with Crippen LogP contribution in [0.2, 0.25) is 0 Å². The molecule has 1 saturated heterocycles. The number of anilines is 1. The lowest BCUT2D eigenvalue weighted by atomic mass is 10.0. The molecular weight excluding hydrogens is 420 g/mol. The molecule has 1 aliphatic rings. The van der Waals surface area contributed by atoms with E-state index < -0.39 is 5.60 Å². The molecule has 3 heterocycles. The molecule has 0 radical (unpaired) electrons. The normalized spacial score (nSPS) is 16.3. The number of piperidine rings is 1. The van der Waals surface area contributed by atoms with Crippen molar-refractivity contribution in [3.8, 4) is 23.1 Å². The maximum absolute atomic E-state index is 12.5. The lowest BCUT2D eigenvalue weighted by Crippen LogP contribution is -2.47. The van der Waals surface area contributed by atoms with Gasteiger partial charge in [-0.25, -0.2) is 4.79 Å². The topological polar surface area (TPSA) is 124 Å². The average Bonchev–Trinajstić information content (AvgIpc) is 2.78. The first-order chi connectivity index (χ1) is 15.7. The van der Waals surface area contributed by atoms with Gasteiger partial charge in [0.2, 0.25) is 0 Å². The van der Waals surface area contributed by atoms with Crippen LogP contribution in [0.4, 0.5) is 10.6 Å². The fraction of sp³-hybridized carbons (Fsp3) is 0.375. The number of nitriles is 1. The summed E-state index contributed by atoms with van der Waals surface area (Å²) in [6.45, 7) is 6.71. The monoisotopic (exact) mass is 446 g/mol. The number of aromatic hydroxyl groups is 1. The van der Waals surface area contributed by atoms with Crippen molar-refractivity contribution < 1.29 is 14.6 Å². The summed E-state index contributed by atoms with van der Waals surface area (Å²) in [5.41, 5.74) is 0.801. The van der Waals surface area contributed by atoms with Crippen LogP contribution < -0.4 is 5.32 Å². The van der Waals surface area contributed by atoms with Crippen molar-refractivity contribution in [3.63, 3.8) is 0 Å². The van der Waals surface area contributed by atoms with Gasteiger partial charge in [0, 0.05) is 47.9 Å². The Balaban J connectivity index is 1.61. The highest BCUT2D eigenvalue weighted by atomic mass is 16.6. The summed E-state index contributed by atoms with van der Waals surface area (Å²) in [7, 11) is 0. The third kappa shape index (κ3) is 4.95. The molecule has 1 fully saturated rings. The molecule has 0 unspecified atom stereocenters. The molecule has 0 spiro atoms.